The summed E-state index contributed by atoms with van der Waals surface area (Å²) in [4.78, 5) is 0. The van der Waals surface area contributed by atoms with E-state index in [-0.39, 0.29) is 11.5 Å². The van der Waals surface area contributed by atoms with Gasteiger partial charge in [0.1, 0.15) is 17.2 Å². The summed E-state index contributed by atoms with van der Waals surface area (Å²) < 4.78 is 5.24. The molecule has 0 spiro atoms. The SMILES string of the molecule is Oc1ccc(/C=C/c2cc(/C=C/c3ccc(O)cc3)on2)cc1. The van der Waals surface area contributed by atoms with Crippen LogP contribution in [0.4, 0.5) is 0 Å². The number of aromatic hydroxyl groups is 2. The predicted molar refractivity (Wildman–Crippen MR) is 90.6 cm³/mol. The summed E-state index contributed by atoms with van der Waals surface area (Å²) in [6, 6.07) is 15.6. The van der Waals surface area contributed by atoms with Crippen molar-refractivity contribution in [2.45, 2.75) is 0 Å². The minimum Gasteiger partial charge on any atom is -0.508 e. The molecule has 2 N–H and O–H groups in total. The maximum Gasteiger partial charge on any atom is 0.160 e. The molecule has 0 atom stereocenters. The maximum atomic E-state index is 9.24. The van der Waals surface area contributed by atoms with Gasteiger partial charge in [0, 0.05) is 6.07 Å². The quantitative estimate of drug-likeness (QED) is 0.748. The zero-order chi connectivity index (χ0) is 16.1. The number of aromatic nitrogens is 1. The molecule has 3 aromatic rings. The van der Waals surface area contributed by atoms with Crippen molar-refractivity contribution in [1.82, 2.24) is 5.16 Å². The van der Waals surface area contributed by atoms with Crippen LogP contribution in [0.2, 0.25) is 0 Å². The van der Waals surface area contributed by atoms with Crippen molar-refractivity contribution in [3.63, 3.8) is 0 Å². The number of phenolic OH excluding ortho intramolecular Hbond substituents is 2. The molecule has 0 aliphatic heterocycles. The van der Waals surface area contributed by atoms with Crippen LogP contribution in [0.5, 0.6) is 11.5 Å². The maximum absolute atomic E-state index is 9.24. The minimum atomic E-state index is 0.239. The molecule has 3 rings (SSSR count). The van der Waals surface area contributed by atoms with Crippen molar-refractivity contribution in [3.8, 4) is 11.5 Å². The fraction of sp³-hybridized carbons (Fsp3) is 0. The van der Waals surface area contributed by atoms with Gasteiger partial charge in [-0.15, -0.1) is 0 Å². The summed E-state index contributed by atoms with van der Waals surface area (Å²) in [5, 5.41) is 22.5. The number of hydrogen-bond acceptors (Lipinski definition) is 4. The van der Waals surface area contributed by atoms with E-state index in [4.69, 9.17) is 4.52 Å². The lowest BCUT2D eigenvalue weighted by Gasteiger charge is -1.92. The molecule has 2 aromatic carbocycles. The first-order valence-corrected chi connectivity index (χ1v) is 7.10. The molecule has 23 heavy (non-hydrogen) atoms. The summed E-state index contributed by atoms with van der Waals surface area (Å²) in [5.41, 5.74) is 2.64. The highest BCUT2D eigenvalue weighted by molar-refractivity contribution is 5.71. The summed E-state index contributed by atoms with van der Waals surface area (Å²) >= 11 is 0. The number of phenols is 2. The third-order valence-corrected chi connectivity index (χ3v) is 3.22. The first-order chi connectivity index (χ1) is 11.2. The highest BCUT2D eigenvalue weighted by atomic mass is 16.5. The lowest BCUT2D eigenvalue weighted by Crippen LogP contribution is -1.71. The van der Waals surface area contributed by atoms with Crippen molar-refractivity contribution in [2.75, 3.05) is 0 Å². The van der Waals surface area contributed by atoms with E-state index >= 15 is 0 Å². The van der Waals surface area contributed by atoms with Crippen LogP contribution >= 0.6 is 0 Å². The van der Waals surface area contributed by atoms with E-state index in [1.807, 2.05) is 54.6 Å². The second-order valence-electron chi connectivity index (χ2n) is 5.00. The van der Waals surface area contributed by atoms with E-state index in [1.54, 1.807) is 24.3 Å². The Hall–Kier alpha value is -3.27. The second kappa shape index (κ2) is 6.66. The summed E-state index contributed by atoms with van der Waals surface area (Å²) in [7, 11) is 0. The third kappa shape index (κ3) is 4.11. The molecule has 0 unspecified atom stereocenters. The molecule has 4 nitrogen and oxygen atoms in total. The monoisotopic (exact) mass is 305 g/mol. The molecule has 4 heteroatoms. The van der Waals surface area contributed by atoms with Gasteiger partial charge < -0.3 is 14.7 Å². The summed E-state index contributed by atoms with van der Waals surface area (Å²) in [5.74, 6) is 1.12. The van der Waals surface area contributed by atoms with E-state index in [9.17, 15) is 10.2 Å². The zero-order valence-electron chi connectivity index (χ0n) is 12.3. The van der Waals surface area contributed by atoms with Crippen LogP contribution in [-0.4, -0.2) is 15.4 Å². The van der Waals surface area contributed by atoms with Gasteiger partial charge in [0.15, 0.2) is 5.76 Å². The van der Waals surface area contributed by atoms with Crippen LogP contribution in [-0.2, 0) is 0 Å². The van der Waals surface area contributed by atoms with Gasteiger partial charge >= 0.3 is 0 Å². The Balaban J connectivity index is 1.68. The fourth-order valence-electron chi connectivity index (χ4n) is 1.99. The third-order valence-electron chi connectivity index (χ3n) is 3.22. The molecule has 0 bridgehead atoms. The first kappa shape index (κ1) is 14.7. The lowest BCUT2D eigenvalue weighted by atomic mass is 10.2. The Labute approximate surface area is 133 Å². The van der Waals surface area contributed by atoms with Crippen LogP contribution < -0.4 is 0 Å². The van der Waals surface area contributed by atoms with Crippen molar-refractivity contribution in [3.05, 3.63) is 77.2 Å². The zero-order valence-corrected chi connectivity index (χ0v) is 12.3. The molecule has 0 saturated heterocycles. The molecule has 0 amide bonds. The number of hydrogen-bond donors (Lipinski definition) is 2. The number of benzene rings is 2. The number of rotatable bonds is 4. The molecule has 0 aliphatic rings. The van der Waals surface area contributed by atoms with E-state index in [0.29, 0.717) is 11.5 Å². The average molecular weight is 305 g/mol. The largest absolute Gasteiger partial charge is 0.508 e. The van der Waals surface area contributed by atoms with Crippen LogP contribution in [0.3, 0.4) is 0 Å². The average Bonchev–Trinajstić information content (AvgIpc) is 3.02. The molecular formula is C19H15NO3. The van der Waals surface area contributed by atoms with Gasteiger partial charge in [0.2, 0.25) is 0 Å². The molecule has 0 aliphatic carbocycles. The molecule has 0 saturated carbocycles. The van der Waals surface area contributed by atoms with Crippen molar-refractivity contribution < 1.29 is 14.7 Å². The smallest absolute Gasteiger partial charge is 0.160 e. The van der Waals surface area contributed by atoms with Crippen LogP contribution in [0.1, 0.15) is 22.6 Å². The molecule has 114 valence electrons. The first-order valence-electron chi connectivity index (χ1n) is 7.10. The van der Waals surface area contributed by atoms with Crippen LogP contribution in [0.15, 0.2) is 59.1 Å². The molecular weight excluding hydrogens is 290 g/mol. The Kier molecular flexibility index (Phi) is 4.25. The minimum absolute atomic E-state index is 0.239. The van der Waals surface area contributed by atoms with Gasteiger partial charge in [-0.1, -0.05) is 41.6 Å². The Bertz CT molecular complexity index is 758. The van der Waals surface area contributed by atoms with Gasteiger partial charge in [-0.25, -0.2) is 0 Å². The summed E-state index contributed by atoms with van der Waals surface area (Å²) in [6.07, 6.45) is 7.43. The normalized spacial score (nSPS) is 11.5. The number of nitrogens with zero attached hydrogens (tertiary/aromatic N) is 1. The van der Waals surface area contributed by atoms with Gasteiger partial charge in [-0.05, 0) is 47.5 Å². The Morgan fingerprint density at radius 3 is 1.78 bits per heavy atom. The topological polar surface area (TPSA) is 66.5 Å². The van der Waals surface area contributed by atoms with E-state index in [1.165, 1.54) is 0 Å². The molecule has 0 fully saturated rings. The highest BCUT2D eigenvalue weighted by Gasteiger charge is 1.98. The molecule has 1 aromatic heterocycles. The highest BCUT2D eigenvalue weighted by Crippen LogP contribution is 2.15. The molecule has 1 heterocycles. The Morgan fingerprint density at radius 2 is 1.22 bits per heavy atom. The Morgan fingerprint density at radius 1 is 0.696 bits per heavy atom. The second-order valence-corrected chi connectivity index (χ2v) is 5.00. The van der Waals surface area contributed by atoms with Crippen LogP contribution in [0, 0.1) is 0 Å². The van der Waals surface area contributed by atoms with Gasteiger partial charge in [-0.2, -0.15) is 0 Å². The fourth-order valence-corrected chi connectivity index (χ4v) is 1.99. The molecule has 0 radical (unpaired) electrons. The summed E-state index contributed by atoms with van der Waals surface area (Å²) in [6.45, 7) is 0. The van der Waals surface area contributed by atoms with E-state index < -0.39 is 0 Å². The van der Waals surface area contributed by atoms with Crippen molar-refractivity contribution in [2.24, 2.45) is 0 Å². The van der Waals surface area contributed by atoms with Crippen molar-refractivity contribution >= 4 is 24.3 Å². The van der Waals surface area contributed by atoms with E-state index in [2.05, 4.69) is 5.16 Å². The van der Waals surface area contributed by atoms with Crippen LogP contribution in [0.25, 0.3) is 24.3 Å². The van der Waals surface area contributed by atoms with Gasteiger partial charge in [-0.3, -0.25) is 0 Å². The lowest BCUT2D eigenvalue weighted by molar-refractivity contribution is 0.411. The standard InChI is InChI=1S/C19H15NO3/c21-17-8-2-14(3-9-17)1-7-16-13-19(23-20-16)12-6-15-4-10-18(22)11-5-15/h1-13,21-22H/b7-1+,12-6+. The van der Waals surface area contributed by atoms with E-state index in [0.717, 1.165) is 11.1 Å². The van der Waals surface area contributed by atoms with Crippen molar-refractivity contribution in [1.29, 1.82) is 0 Å². The predicted octanol–water partition coefficient (Wildman–Crippen LogP) is 4.43. The van der Waals surface area contributed by atoms with Gasteiger partial charge in [0.05, 0.1) is 0 Å². The van der Waals surface area contributed by atoms with Gasteiger partial charge in [0.25, 0.3) is 0 Å².